The van der Waals surface area contributed by atoms with E-state index in [1.807, 2.05) is 24.3 Å². The minimum absolute atomic E-state index is 0.184. The van der Waals surface area contributed by atoms with Crippen molar-refractivity contribution in [1.82, 2.24) is 5.32 Å². The molecule has 0 aromatic heterocycles. The highest BCUT2D eigenvalue weighted by Gasteiger charge is 2.32. The van der Waals surface area contributed by atoms with Gasteiger partial charge in [0.15, 0.2) is 11.5 Å². The van der Waals surface area contributed by atoms with Crippen molar-refractivity contribution in [2.75, 3.05) is 6.61 Å². The fourth-order valence-electron chi connectivity index (χ4n) is 2.48. The number of amidine groups is 1. The molecule has 2 aliphatic rings. The Balaban J connectivity index is 1.52. The minimum atomic E-state index is -1.02. The van der Waals surface area contributed by atoms with Gasteiger partial charge in [0.25, 0.3) is 0 Å². The van der Waals surface area contributed by atoms with Gasteiger partial charge in [0.2, 0.25) is 5.91 Å². The van der Waals surface area contributed by atoms with Crippen molar-refractivity contribution in [3.8, 4) is 5.75 Å². The number of hydrogen-bond donors (Lipinski definition) is 2. The van der Waals surface area contributed by atoms with Crippen LogP contribution < -0.4 is 10.1 Å². The molecule has 2 N–H and O–H groups in total. The SMILES string of the molecule is O=C(O)CC1SC(=NN=Cc2ccc(OC3CCCCO3)cc2)NC1=O. The summed E-state index contributed by atoms with van der Waals surface area (Å²) in [5.74, 6) is -0.656. The summed E-state index contributed by atoms with van der Waals surface area (Å²) in [7, 11) is 0. The number of carboxylic acids is 1. The van der Waals surface area contributed by atoms with Crippen LogP contribution in [-0.2, 0) is 14.3 Å². The van der Waals surface area contributed by atoms with E-state index in [0.717, 1.165) is 48.9 Å². The van der Waals surface area contributed by atoms with Crippen LogP contribution in [0.3, 0.4) is 0 Å². The van der Waals surface area contributed by atoms with Gasteiger partial charge in [-0.15, -0.1) is 5.10 Å². The summed E-state index contributed by atoms with van der Waals surface area (Å²) in [5, 5.41) is 18.7. The van der Waals surface area contributed by atoms with Gasteiger partial charge in [-0.2, -0.15) is 5.10 Å². The maximum absolute atomic E-state index is 11.6. The van der Waals surface area contributed by atoms with Gasteiger partial charge in [0.1, 0.15) is 11.0 Å². The third-order valence-electron chi connectivity index (χ3n) is 3.78. The number of nitrogens with one attached hydrogen (secondary N) is 1. The molecule has 0 radical (unpaired) electrons. The summed E-state index contributed by atoms with van der Waals surface area (Å²) in [6.45, 7) is 0.734. The summed E-state index contributed by atoms with van der Waals surface area (Å²) >= 11 is 1.06. The molecule has 2 unspecified atom stereocenters. The van der Waals surface area contributed by atoms with E-state index in [1.54, 1.807) is 6.21 Å². The van der Waals surface area contributed by atoms with Crippen LogP contribution in [0.4, 0.5) is 0 Å². The average Bonchev–Trinajstić information content (AvgIpc) is 2.96. The maximum Gasteiger partial charge on any atom is 0.305 e. The first-order valence-corrected chi connectivity index (χ1v) is 9.17. The Morgan fingerprint density at radius 1 is 1.38 bits per heavy atom. The molecule has 26 heavy (non-hydrogen) atoms. The molecular formula is C17H19N3O5S. The summed E-state index contributed by atoms with van der Waals surface area (Å²) in [6, 6.07) is 7.35. The third kappa shape index (κ3) is 5.30. The second kappa shape index (κ2) is 8.81. The fraction of sp³-hybridized carbons (Fsp3) is 0.412. The van der Waals surface area contributed by atoms with Crippen LogP contribution in [0.2, 0.25) is 0 Å². The molecule has 2 heterocycles. The number of thioether (sulfide) groups is 1. The lowest BCUT2D eigenvalue weighted by molar-refractivity contribution is -0.138. The third-order valence-corrected chi connectivity index (χ3v) is 4.85. The summed E-state index contributed by atoms with van der Waals surface area (Å²) in [5.41, 5.74) is 0.822. The Hall–Kier alpha value is -2.39. The topological polar surface area (TPSA) is 110 Å². The predicted octanol–water partition coefficient (Wildman–Crippen LogP) is 1.99. The smallest absolute Gasteiger partial charge is 0.305 e. The van der Waals surface area contributed by atoms with Gasteiger partial charge in [0.05, 0.1) is 19.2 Å². The van der Waals surface area contributed by atoms with E-state index in [9.17, 15) is 9.59 Å². The minimum Gasteiger partial charge on any atom is -0.481 e. The number of carbonyl (C=O) groups excluding carboxylic acids is 1. The van der Waals surface area contributed by atoms with Crippen molar-refractivity contribution >= 4 is 35.0 Å². The number of aliphatic carboxylic acids is 1. The zero-order valence-corrected chi connectivity index (χ0v) is 14.8. The van der Waals surface area contributed by atoms with Crippen LogP contribution in [-0.4, -0.2) is 46.5 Å². The molecule has 3 rings (SSSR count). The largest absolute Gasteiger partial charge is 0.481 e. The molecule has 2 aliphatic heterocycles. The van der Waals surface area contributed by atoms with Crippen LogP contribution in [0.25, 0.3) is 0 Å². The fourth-order valence-corrected chi connectivity index (χ4v) is 3.40. The zero-order valence-electron chi connectivity index (χ0n) is 14.0. The van der Waals surface area contributed by atoms with Crippen LogP contribution in [0.1, 0.15) is 31.2 Å². The molecule has 9 heteroatoms. The molecule has 0 spiro atoms. The van der Waals surface area contributed by atoms with Crippen LogP contribution in [0, 0.1) is 0 Å². The zero-order chi connectivity index (χ0) is 18.4. The highest BCUT2D eigenvalue weighted by molar-refractivity contribution is 8.15. The predicted molar refractivity (Wildman–Crippen MR) is 97.5 cm³/mol. The van der Waals surface area contributed by atoms with Gasteiger partial charge in [0, 0.05) is 6.42 Å². The molecule has 1 aromatic rings. The van der Waals surface area contributed by atoms with Crippen molar-refractivity contribution in [2.45, 2.75) is 37.2 Å². The number of amides is 1. The van der Waals surface area contributed by atoms with Gasteiger partial charge in [-0.25, -0.2) is 0 Å². The second-order valence-corrected chi connectivity index (χ2v) is 7.02. The summed E-state index contributed by atoms with van der Waals surface area (Å²) in [4.78, 5) is 22.3. The Morgan fingerprint density at radius 3 is 2.88 bits per heavy atom. The number of carbonyl (C=O) groups is 2. The number of carboxylic acid groups (broad SMARTS) is 1. The van der Waals surface area contributed by atoms with Gasteiger partial charge in [-0.05, 0) is 42.7 Å². The van der Waals surface area contributed by atoms with Crippen molar-refractivity contribution in [3.63, 3.8) is 0 Å². The van der Waals surface area contributed by atoms with E-state index in [0.29, 0.717) is 5.17 Å². The molecule has 0 aliphatic carbocycles. The standard InChI is InChI=1S/C17H19N3O5S/c21-14(22)9-13-16(23)19-17(26-13)20-18-10-11-4-6-12(7-5-11)25-15-3-1-2-8-24-15/h4-7,10,13,15H,1-3,8-9H2,(H,21,22)(H,19,20,23). The van der Waals surface area contributed by atoms with Crippen molar-refractivity contribution in [3.05, 3.63) is 29.8 Å². The molecule has 1 amide bonds. The van der Waals surface area contributed by atoms with Crippen LogP contribution in [0.5, 0.6) is 5.75 Å². The Morgan fingerprint density at radius 2 is 2.19 bits per heavy atom. The van der Waals surface area contributed by atoms with E-state index in [1.165, 1.54) is 0 Å². The Bertz CT molecular complexity index is 714. The number of nitrogens with zero attached hydrogens (tertiary/aromatic N) is 2. The van der Waals surface area contributed by atoms with E-state index in [-0.39, 0.29) is 18.6 Å². The molecule has 2 atom stereocenters. The lowest BCUT2D eigenvalue weighted by Gasteiger charge is -2.23. The molecule has 0 bridgehead atoms. The Labute approximate surface area is 154 Å². The summed E-state index contributed by atoms with van der Waals surface area (Å²) in [6.07, 6.45) is 4.20. The molecule has 2 saturated heterocycles. The normalized spacial score (nSPS) is 24.8. The quantitative estimate of drug-likeness (QED) is 0.580. The highest BCUT2D eigenvalue weighted by atomic mass is 32.2. The molecule has 8 nitrogen and oxygen atoms in total. The first kappa shape index (κ1) is 18.4. The van der Waals surface area contributed by atoms with E-state index in [4.69, 9.17) is 14.6 Å². The van der Waals surface area contributed by atoms with E-state index < -0.39 is 11.2 Å². The molecule has 0 saturated carbocycles. The number of hydrogen-bond acceptors (Lipinski definition) is 7. The Kier molecular flexibility index (Phi) is 6.24. The maximum atomic E-state index is 11.6. The molecule has 138 valence electrons. The van der Waals surface area contributed by atoms with Crippen LogP contribution in [0.15, 0.2) is 34.5 Å². The number of rotatable bonds is 6. The second-order valence-electron chi connectivity index (χ2n) is 5.83. The lowest BCUT2D eigenvalue weighted by Crippen LogP contribution is -2.26. The monoisotopic (exact) mass is 377 g/mol. The first-order chi connectivity index (χ1) is 12.6. The number of benzene rings is 1. The lowest BCUT2D eigenvalue weighted by atomic mass is 10.2. The van der Waals surface area contributed by atoms with E-state index in [2.05, 4.69) is 15.5 Å². The van der Waals surface area contributed by atoms with Crippen molar-refractivity contribution < 1.29 is 24.2 Å². The first-order valence-electron chi connectivity index (χ1n) is 8.29. The van der Waals surface area contributed by atoms with Gasteiger partial charge in [-0.3, -0.25) is 9.59 Å². The van der Waals surface area contributed by atoms with E-state index >= 15 is 0 Å². The molecular weight excluding hydrogens is 358 g/mol. The highest BCUT2D eigenvalue weighted by Crippen LogP contribution is 2.22. The number of ether oxygens (including phenoxy) is 2. The molecule has 1 aromatic carbocycles. The van der Waals surface area contributed by atoms with Crippen LogP contribution >= 0.6 is 11.8 Å². The average molecular weight is 377 g/mol. The summed E-state index contributed by atoms with van der Waals surface area (Å²) < 4.78 is 11.3. The molecule has 2 fully saturated rings. The van der Waals surface area contributed by atoms with Gasteiger partial charge < -0.3 is 19.9 Å². The van der Waals surface area contributed by atoms with Gasteiger partial charge >= 0.3 is 5.97 Å². The van der Waals surface area contributed by atoms with Crippen molar-refractivity contribution in [2.24, 2.45) is 10.2 Å². The van der Waals surface area contributed by atoms with Gasteiger partial charge in [-0.1, -0.05) is 11.8 Å². The van der Waals surface area contributed by atoms with Crippen molar-refractivity contribution in [1.29, 1.82) is 0 Å².